The zero-order chi connectivity index (χ0) is 22.8. The molecule has 0 bridgehead atoms. The highest BCUT2D eigenvalue weighted by molar-refractivity contribution is 5.85. The molecule has 1 aromatic rings. The van der Waals surface area contributed by atoms with Crippen LogP contribution in [0.4, 0.5) is 11.4 Å². The number of morpholine rings is 1. The SMILES string of the molecule is CCCCCN1CCN(c2ccc(N3CC(C)OC(C)C3)cc2C2CCC3(CC2)CC3)CC1.Cl. The van der Waals surface area contributed by atoms with Crippen molar-refractivity contribution in [3.63, 3.8) is 0 Å². The number of ether oxygens (including phenoxy) is 1. The Hall–Kier alpha value is -0.970. The van der Waals surface area contributed by atoms with Crippen LogP contribution in [0.2, 0.25) is 0 Å². The van der Waals surface area contributed by atoms with E-state index >= 15 is 0 Å². The van der Waals surface area contributed by atoms with E-state index in [0.717, 1.165) is 24.4 Å². The minimum Gasteiger partial charge on any atom is -0.372 e. The van der Waals surface area contributed by atoms with Crippen LogP contribution in [0.15, 0.2) is 18.2 Å². The van der Waals surface area contributed by atoms with E-state index in [1.165, 1.54) is 102 Å². The smallest absolute Gasteiger partial charge is 0.0726 e. The lowest BCUT2D eigenvalue weighted by atomic mass is 9.76. The maximum atomic E-state index is 6.02. The fraction of sp³-hybridized carbons (Fsp3) is 0.793. The highest BCUT2D eigenvalue weighted by Crippen LogP contribution is 2.59. The number of piperazine rings is 1. The van der Waals surface area contributed by atoms with Crippen LogP contribution in [0.1, 0.15) is 90.0 Å². The number of nitrogens with zero attached hydrogens (tertiary/aromatic N) is 3. The van der Waals surface area contributed by atoms with E-state index in [1.807, 2.05) is 0 Å². The third kappa shape index (κ3) is 6.05. The van der Waals surface area contributed by atoms with Crippen LogP contribution in [0.3, 0.4) is 0 Å². The van der Waals surface area contributed by atoms with Crippen molar-refractivity contribution >= 4 is 23.8 Å². The quantitative estimate of drug-likeness (QED) is 0.408. The Labute approximate surface area is 214 Å². The first kappa shape index (κ1) is 26.1. The molecular formula is C29H48ClN3O. The molecule has 4 nitrogen and oxygen atoms in total. The first-order valence-electron chi connectivity index (χ1n) is 14.1. The van der Waals surface area contributed by atoms with Gasteiger partial charge in [-0.3, -0.25) is 4.90 Å². The van der Waals surface area contributed by atoms with E-state index in [1.54, 1.807) is 5.56 Å². The lowest BCUT2D eigenvalue weighted by Crippen LogP contribution is -2.47. The third-order valence-corrected chi connectivity index (χ3v) is 9.03. The van der Waals surface area contributed by atoms with Crippen LogP contribution < -0.4 is 9.80 Å². The van der Waals surface area contributed by atoms with Crippen molar-refractivity contribution in [2.45, 2.75) is 96.7 Å². The van der Waals surface area contributed by atoms with Crippen molar-refractivity contribution in [1.29, 1.82) is 0 Å². The standard InChI is InChI=1S/C29H47N3O.ClH/c1-4-5-6-15-30-16-18-31(19-17-30)28-8-7-26(32-21-23(2)33-24(3)22-32)20-27(28)25-9-11-29(12-10-25)13-14-29;/h7-8,20,23-25H,4-6,9-19,21-22H2,1-3H3;1H. The molecule has 4 fully saturated rings. The molecule has 4 aliphatic rings. The second kappa shape index (κ2) is 11.4. The van der Waals surface area contributed by atoms with Gasteiger partial charge in [-0.1, -0.05) is 19.8 Å². The molecule has 5 heteroatoms. The molecule has 0 radical (unpaired) electrons. The molecule has 2 unspecified atom stereocenters. The summed E-state index contributed by atoms with van der Waals surface area (Å²) >= 11 is 0. The lowest BCUT2D eigenvalue weighted by molar-refractivity contribution is -0.00522. The van der Waals surface area contributed by atoms with Gasteiger partial charge in [-0.15, -0.1) is 12.4 Å². The summed E-state index contributed by atoms with van der Waals surface area (Å²) in [7, 11) is 0. The van der Waals surface area contributed by atoms with Gasteiger partial charge in [-0.2, -0.15) is 0 Å². The van der Waals surface area contributed by atoms with Crippen LogP contribution >= 0.6 is 12.4 Å². The molecule has 2 aliphatic heterocycles. The number of unbranched alkanes of at least 4 members (excludes halogenated alkanes) is 2. The topological polar surface area (TPSA) is 19.0 Å². The summed E-state index contributed by atoms with van der Waals surface area (Å²) in [6.45, 7) is 14.8. The Bertz CT molecular complexity index is 770. The van der Waals surface area contributed by atoms with Crippen molar-refractivity contribution in [2.75, 3.05) is 55.6 Å². The summed E-state index contributed by atoms with van der Waals surface area (Å²) in [4.78, 5) is 7.97. The first-order chi connectivity index (χ1) is 16.0. The van der Waals surface area contributed by atoms with E-state index in [2.05, 4.69) is 53.7 Å². The molecule has 2 aliphatic carbocycles. The zero-order valence-corrected chi connectivity index (χ0v) is 22.8. The molecule has 34 heavy (non-hydrogen) atoms. The first-order valence-corrected chi connectivity index (χ1v) is 14.1. The summed E-state index contributed by atoms with van der Waals surface area (Å²) < 4.78 is 6.02. The molecular weight excluding hydrogens is 442 g/mol. The monoisotopic (exact) mass is 489 g/mol. The van der Waals surface area contributed by atoms with Gasteiger partial charge in [-0.25, -0.2) is 0 Å². The van der Waals surface area contributed by atoms with Crippen molar-refractivity contribution in [3.05, 3.63) is 23.8 Å². The summed E-state index contributed by atoms with van der Waals surface area (Å²) in [5, 5.41) is 0. The van der Waals surface area contributed by atoms with Gasteiger partial charge >= 0.3 is 0 Å². The highest BCUT2D eigenvalue weighted by Gasteiger charge is 2.45. The predicted octanol–water partition coefficient (Wildman–Crippen LogP) is 6.47. The molecule has 192 valence electrons. The Morgan fingerprint density at radius 1 is 0.882 bits per heavy atom. The van der Waals surface area contributed by atoms with Crippen molar-refractivity contribution in [1.82, 2.24) is 4.90 Å². The number of hydrogen-bond acceptors (Lipinski definition) is 4. The molecule has 2 saturated carbocycles. The maximum Gasteiger partial charge on any atom is 0.0726 e. The zero-order valence-electron chi connectivity index (χ0n) is 21.9. The van der Waals surface area contributed by atoms with Crippen molar-refractivity contribution < 1.29 is 4.74 Å². The molecule has 0 aromatic heterocycles. The summed E-state index contributed by atoms with van der Waals surface area (Å²) in [5.74, 6) is 0.740. The lowest BCUT2D eigenvalue weighted by Gasteiger charge is -2.40. The number of benzene rings is 1. The molecule has 2 atom stereocenters. The van der Waals surface area contributed by atoms with Gasteiger partial charge in [0.05, 0.1) is 12.2 Å². The minimum atomic E-state index is 0. The molecule has 2 heterocycles. The van der Waals surface area contributed by atoms with Crippen molar-refractivity contribution in [2.24, 2.45) is 5.41 Å². The summed E-state index contributed by atoms with van der Waals surface area (Å²) in [6, 6.07) is 7.47. The molecule has 2 saturated heterocycles. The van der Waals surface area contributed by atoms with Crippen LogP contribution in [0.5, 0.6) is 0 Å². The van der Waals surface area contributed by atoms with Gasteiger partial charge in [0.15, 0.2) is 0 Å². The Morgan fingerprint density at radius 2 is 1.56 bits per heavy atom. The van der Waals surface area contributed by atoms with Gasteiger partial charge in [0.2, 0.25) is 0 Å². The summed E-state index contributed by atoms with van der Waals surface area (Å²) in [6.07, 6.45) is 13.3. The van der Waals surface area contributed by atoms with Crippen LogP contribution in [0, 0.1) is 5.41 Å². The fourth-order valence-electron chi connectivity index (χ4n) is 6.76. The Balaban J connectivity index is 0.00000274. The van der Waals surface area contributed by atoms with Crippen molar-refractivity contribution in [3.8, 4) is 0 Å². The Morgan fingerprint density at radius 3 is 2.18 bits per heavy atom. The number of hydrogen-bond donors (Lipinski definition) is 0. The van der Waals surface area contributed by atoms with E-state index in [-0.39, 0.29) is 12.4 Å². The van der Waals surface area contributed by atoms with Gasteiger partial charge in [-0.05, 0) is 100 Å². The maximum absolute atomic E-state index is 6.02. The Kier molecular flexibility index (Phi) is 8.75. The molecule has 1 aromatic carbocycles. The van der Waals surface area contributed by atoms with E-state index < -0.39 is 0 Å². The second-order valence-electron chi connectivity index (χ2n) is 11.7. The van der Waals surface area contributed by atoms with Crippen LogP contribution in [-0.2, 0) is 4.74 Å². The second-order valence-corrected chi connectivity index (χ2v) is 11.7. The van der Waals surface area contributed by atoms with Gasteiger partial charge < -0.3 is 14.5 Å². The van der Waals surface area contributed by atoms with E-state index in [9.17, 15) is 0 Å². The summed E-state index contributed by atoms with van der Waals surface area (Å²) in [5.41, 5.74) is 5.36. The molecule has 5 rings (SSSR count). The number of anilines is 2. The average molecular weight is 490 g/mol. The predicted molar refractivity (Wildman–Crippen MR) is 147 cm³/mol. The molecule has 0 N–H and O–H groups in total. The largest absolute Gasteiger partial charge is 0.372 e. The fourth-order valence-corrected chi connectivity index (χ4v) is 6.76. The van der Waals surface area contributed by atoms with Gasteiger partial charge in [0.25, 0.3) is 0 Å². The van der Waals surface area contributed by atoms with E-state index in [4.69, 9.17) is 4.74 Å². The van der Waals surface area contributed by atoms with Crippen LogP contribution in [0.25, 0.3) is 0 Å². The van der Waals surface area contributed by atoms with Gasteiger partial charge in [0.1, 0.15) is 0 Å². The molecule has 0 amide bonds. The van der Waals surface area contributed by atoms with Crippen LogP contribution in [-0.4, -0.2) is 62.9 Å². The average Bonchev–Trinajstić information content (AvgIpc) is 3.58. The van der Waals surface area contributed by atoms with E-state index in [0.29, 0.717) is 12.2 Å². The third-order valence-electron chi connectivity index (χ3n) is 9.03. The number of rotatable bonds is 7. The van der Waals surface area contributed by atoms with Gasteiger partial charge in [0, 0.05) is 50.6 Å². The minimum absolute atomic E-state index is 0. The molecule has 1 spiro atoms. The highest BCUT2D eigenvalue weighted by atomic mass is 35.5. The number of halogens is 1. The normalized spacial score (nSPS) is 27.6.